The molecule has 3 N–H and O–H groups in total. The van der Waals surface area contributed by atoms with Crippen molar-refractivity contribution in [3.05, 3.63) is 47.9 Å². The number of H-pyrrole nitrogens is 2. The monoisotopic (exact) mass is 254 g/mol. The third kappa shape index (κ3) is 2.11. The third-order valence-electron chi connectivity index (χ3n) is 2.79. The molecular weight excluding hydrogens is 244 g/mol. The van der Waals surface area contributed by atoms with Crippen LogP contribution in [0.15, 0.2) is 36.7 Å². The second-order valence-corrected chi connectivity index (χ2v) is 4.09. The summed E-state index contributed by atoms with van der Waals surface area (Å²) in [6, 6.07) is 6.94. The van der Waals surface area contributed by atoms with E-state index in [1.54, 1.807) is 18.3 Å². The highest BCUT2D eigenvalue weighted by molar-refractivity contribution is 6.04. The summed E-state index contributed by atoms with van der Waals surface area (Å²) in [5.74, 6) is -0.299. The largest absolute Gasteiger partial charge is 0.356 e. The van der Waals surface area contributed by atoms with Crippen LogP contribution in [0, 0.1) is 0 Å². The van der Waals surface area contributed by atoms with E-state index in [0.29, 0.717) is 23.2 Å². The first kappa shape index (κ1) is 11.2. The van der Waals surface area contributed by atoms with Gasteiger partial charge >= 0.3 is 0 Å². The van der Waals surface area contributed by atoms with E-state index in [1.807, 2.05) is 6.07 Å². The fourth-order valence-electron chi connectivity index (χ4n) is 1.82. The third-order valence-corrected chi connectivity index (χ3v) is 2.79. The minimum absolute atomic E-state index is 0.299. The lowest BCUT2D eigenvalue weighted by Gasteiger charge is -2.03. The van der Waals surface area contributed by atoms with Crippen LogP contribution in [0.5, 0.6) is 0 Å². The van der Waals surface area contributed by atoms with Crippen molar-refractivity contribution in [1.29, 1.82) is 0 Å². The van der Waals surface area contributed by atoms with Gasteiger partial charge in [-0.2, -0.15) is 5.10 Å². The summed E-state index contributed by atoms with van der Waals surface area (Å²) in [6.45, 7) is 0. The highest BCUT2D eigenvalue weighted by atomic mass is 16.2. The number of amides is 1. The van der Waals surface area contributed by atoms with Crippen molar-refractivity contribution < 1.29 is 9.59 Å². The predicted octanol–water partition coefficient (Wildman–Crippen LogP) is 1.96. The number of fused-ring (bicyclic) bond motifs is 1. The van der Waals surface area contributed by atoms with Gasteiger partial charge in [-0.25, -0.2) is 0 Å². The van der Waals surface area contributed by atoms with Crippen molar-refractivity contribution >= 4 is 28.8 Å². The minimum atomic E-state index is -0.299. The summed E-state index contributed by atoms with van der Waals surface area (Å²) in [7, 11) is 0. The maximum atomic E-state index is 11.9. The second-order valence-electron chi connectivity index (χ2n) is 4.09. The Hall–Kier alpha value is -2.89. The SMILES string of the molecule is O=Cc1c[nH]c(C(=O)Nc2ccc3cn[nH]c3c2)c1. The Bertz CT molecular complexity index is 757. The smallest absolute Gasteiger partial charge is 0.272 e. The quantitative estimate of drug-likeness (QED) is 0.624. The molecule has 1 aromatic carbocycles. The molecule has 3 aromatic rings. The van der Waals surface area contributed by atoms with Crippen LogP contribution in [0.25, 0.3) is 10.9 Å². The highest BCUT2D eigenvalue weighted by Gasteiger charge is 2.09. The highest BCUT2D eigenvalue weighted by Crippen LogP contribution is 2.17. The van der Waals surface area contributed by atoms with Crippen LogP contribution in [-0.2, 0) is 0 Å². The lowest BCUT2D eigenvalue weighted by Crippen LogP contribution is -2.12. The number of carbonyl (C=O) groups is 2. The average Bonchev–Trinajstić information content (AvgIpc) is 3.06. The number of anilines is 1. The summed E-state index contributed by atoms with van der Waals surface area (Å²) in [4.78, 5) is 25.2. The lowest BCUT2D eigenvalue weighted by molar-refractivity contribution is 0.102. The van der Waals surface area contributed by atoms with Gasteiger partial charge in [-0.1, -0.05) is 0 Å². The van der Waals surface area contributed by atoms with Gasteiger partial charge in [0, 0.05) is 22.8 Å². The Morgan fingerprint density at radius 1 is 1.32 bits per heavy atom. The van der Waals surface area contributed by atoms with Crippen LogP contribution in [0.1, 0.15) is 20.8 Å². The van der Waals surface area contributed by atoms with Crippen molar-refractivity contribution in [2.75, 3.05) is 5.32 Å². The molecule has 1 amide bonds. The van der Waals surface area contributed by atoms with Crippen LogP contribution in [-0.4, -0.2) is 27.4 Å². The molecule has 0 saturated heterocycles. The molecular formula is C13H10N4O2. The number of benzene rings is 1. The van der Waals surface area contributed by atoms with Crippen molar-refractivity contribution in [1.82, 2.24) is 15.2 Å². The molecule has 0 aliphatic rings. The second kappa shape index (κ2) is 4.41. The average molecular weight is 254 g/mol. The van der Waals surface area contributed by atoms with Gasteiger partial charge in [-0.15, -0.1) is 0 Å². The van der Waals surface area contributed by atoms with Gasteiger partial charge in [0.25, 0.3) is 5.91 Å². The van der Waals surface area contributed by atoms with Gasteiger partial charge in [0.2, 0.25) is 0 Å². The van der Waals surface area contributed by atoms with Crippen molar-refractivity contribution in [2.45, 2.75) is 0 Å². The summed E-state index contributed by atoms with van der Waals surface area (Å²) in [6.07, 6.45) is 3.88. The molecule has 3 rings (SSSR count). The fourth-order valence-corrected chi connectivity index (χ4v) is 1.82. The van der Waals surface area contributed by atoms with E-state index in [0.717, 1.165) is 10.9 Å². The standard InChI is InChI=1S/C13H10N4O2/c18-7-8-3-12(14-5-8)13(19)16-10-2-1-9-6-15-17-11(9)4-10/h1-7,14H,(H,15,17)(H,16,19). The molecule has 0 aliphatic carbocycles. The number of aromatic nitrogens is 3. The number of nitrogens with zero attached hydrogens (tertiary/aromatic N) is 1. The van der Waals surface area contributed by atoms with E-state index in [1.165, 1.54) is 12.3 Å². The van der Waals surface area contributed by atoms with E-state index >= 15 is 0 Å². The molecule has 0 aliphatic heterocycles. The van der Waals surface area contributed by atoms with Crippen LogP contribution in [0.4, 0.5) is 5.69 Å². The molecule has 94 valence electrons. The Balaban J connectivity index is 1.83. The molecule has 0 spiro atoms. The minimum Gasteiger partial charge on any atom is -0.356 e. The Kier molecular flexibility index (Phi) is 2.60. The number of rotatable bonds is 3. The van der Waals surface area contributed by atoms with Crippen molar-refractivity contribution in [3.63, 3.8) is 0 Å². The molecule has 2 heterocycles. The molecule has 0 saturated carbocycles. The summed E-state index contributed by atoms with van der Waals surface area (Å²) in [5, 5.41) is 10.5. The van der Waals surface area contributed by atoms with E-state index in [4.69, 9.17) is 0 Å². The fraction of sp³-hybridized carbons (Fsp3) is 0. The van der Waals surface area contributed by atoms with Crippen molar-refractivity contribution in [3.8, 4) is 0 Å². The molecule has 0 fully saturated rings. The molecule has 6 heteroatoms. The van der Waals surface area contributed by atoms with Gasteiger partial charge in [-0.3, -0.25) is 14.7 Å². The lowest BCUT2D eigenvalue weighted by atomic mass is 10.2. The van der Waals surface area contributed by atoms with E-state index < -0.39 is 0 Å². The topological polar surface area (TPSA) is 90.6 Å². The zero-order valence-electron chi connectivity index (χ0n) is 9.81. The van der Waals surface area contributed by atoms with Crippen LogP contribution >= 0.6 is 0 Å². The Labute approximate surface area is 107 Å². The summed E-state index contributed by atoms with van der Waals surface area (Å²) >= 11 is 0. The predicted molar refractivity (Wildman–Crippen MR) is 70.2 cm³/mol. The Morgan fingerprint density at radius 3 is 3.00 bits per heavy atom. The molecule has 0 radical (unpaired) electrons. The molecule has 6 nitrogen and oxygen atoms in total. The number of aromatic amines is 2. The molecule has 2 aromatic heterocycles. The number of carbonyl (C=O) groups excluding carboxylic acids is 2. The van der Waals surface area contributed by atoms with Crippen LogP contribution < -0.4 is 5.32 Å². The van der Waals surface area contributed by atoms with Crippen LogP contribution in [0.3, 0.4) is 0 Å². The first-order chi connectivity index (χ1) is 9.26. The number of hydrogen-bond acceptors (Lipinski definition) is 3. The van der Waals surface area contributed by atoms with Crippen molar-refractivity contribution in [2.24, 2.45) is 0 Å². The maximum Gasteiger partial charge on any atom is 0.272 e. The first-order valence-corrected chi connectivity index (χ1v) is 5.64. The zero-order valence-corrected chi connectivity index (χ0v) is 9.81. The van der Waals surface area contributed by atoms with Gasteiger partial charge < -0.3 is 10.3 Å². The maximum absolute atomic E-state index is 11.9. The van der Waals surface area contributed by atoms with Gasteiger partial charge in [0.05, 0.1) is 11.7 Å². The van der Waals surface area contributed by atoms with Crippen LogP contribution in [0.2, 0.25) is 0 Å². The normalized spacial score (nSPS) is 10.5. The van der Waals surface area contributed by atoms with E-state index in [-0.39, 0.29) is 5.91 Å². The van der Waals surface area contributed by atoms with Gasteiger partial charge in [0.1, 0.15) is 5.69 Å². The molecule has 19 heavy (non-hydrogen) atoms. The Morgan fingerprint density at radius 2 is 2.21 bits per heavy atom. The molecule has 0 atom stereocenters. The summed E-state index contributed by atoms with van der Waals surface area (Å²) in [5.41, 5.74) is 2.28. The number of nitrogens with one attached hydrogen (secondary N) is 3. The first-order valence-electron chi connectivity index (χ1n) is 5.64. The number of aldehydes is 1. The van der Waals surface area contributed by atoms with Gasteiger partial charge in [-0.05, 0) is 24.3 Å². The molecule has 0 bridgehead atoms. The summed E-state index contributed by atoms with van der Waals surface area (Å²) < 4.78 is 0. The molecule has 0 unspecified atom stereocenters. The van der Waals surface area contributed by atoms with E-state index in [9.17, 15) is 9.59 Å². The van der Waals surface area contributed by atoms with E-state index in [2.05, 4.69) is 20.5 Å². The zero-order chi connectivity index (χ0) is 13.2. The van der Waals surface area contributed by atoms with Gasteiger partial charge in [0.15, 0.2) is 6.29 Å². The number of hydrogen-bond donors (Lipinski definition) is 3.